The number of phenols is 1. The van der Waals surface area contributed by atoms with Gasteiger partial charge in [-0.15, -0.1) is 10.2 Å². The average molecular weight is 402 g/mol. The fourth-order valence-corrected chi connectivity index (χ4v) is 3.09. The second kappa shape index (κ2) is 7.97. The molecule has 0 spiro atoms. The zero-order valence-corrected chi connectivity index (χ0v) is 15.9. The van der Waals surface area contributed by atoms with Crippen molar-refractivity contribution in [2.75, 3.05) is 0 Å². The van der Waals surface area contributed by atoms with Gasteiger partial charge in [0.25, 0.3) is 0 Å². The van der Waals surface area contributed by atoms with E-state index in [1.54, 1.807) is 19.1 Å². The van der Waals surface area contributed by atoms with Gasteiger partial charge in [-0.25, -0.2) is 9.24 Å². The molecule has 3 rings (SSSR count). The zero-order valence-electron chi connectivity index (χ0n) is 15.1. The minimum Gasteiger partial charge on any atom is -0.505 e. The molecule has 1 heterocycles. The van der Waals surface area contributed by atoms with E-state index in [-0.39, 0.29) is 11.8 Å². The van der Waals surface area contributed by atoms with Gasteiger partial charge in [0.2, 0.25) is 17.5 Å². The third-order valence-electron chi connectivity index (χ3n) is 4.57. The number of aromatic hydroxyl groups is 1. The highest BCUT2D eigenvalue weighted by molar-refractivity contribution is 6.34. The first-order valence-electron chi connectivity index (χ1n) is 8.47. The van der Waals surface area contributed by atoms with Crippen LogP contribution >= 0.6 is 11.6 Å². The highest BCUT2D eigenvalue weighted by Crippen LogP contribution is 2.34. The summed E-state index contributed by atoms with van der Waals surface area (Å²) in [5, 5.41) is 28.1. The molecule has 8 heteroatoms. The third-order valence-corrected chi connectivity index (χ3v) is 5.05. The van der Waals surface area contributed by atoms with Crippen LogP contribution in [0, 0.1) is 19.3 Å². The lowest BCUT2D eigenvalue weighted by Crippen LogP contribution is -2.18. The number of hydrogen-bond acceptors (Lipinski definition) is 5. The summed E-state index contributed by atoms with van der Waals surface area (Å²) >= 11 is 6.24. The Morgan fingerprint density at radius 2 is 2.04 bits per heavy atom. The van der Waals surface area contributed by atoms with E-state index >= 15 is 0 Å². The minimum absolute atomic E-state index is 0.106. The van der Waals surface area contributed by atoms with E-state index in [2.05, 4.69) is 15.0 Å². The lowest BCUT2D eigenvalue weighted by atomic mass is 9.92. The van der Waals surface area contributed by atoms with E-state index < -0.39 is 23.6 Å². The Balaban J connectivity index is 1.92. The van der Waals surface area contributed by atoms with Crippen molar-refractivity contribution in [1.82, 2.24) is 10.2 Å². The lowest BCUT2D eigenvalue weighted by Gasteiger charge is -2.18. The van der Waals surface area contributed by atoms with Crippen molar-refractivity contribution < 1.29 is 19.0 Å². The molecule has 0 radical (unpaired) electrons. The molecule has 2 atom stereocenters. The predicted octanol–water partition coefficient (Wildman–Crippen LogP) is 4.80. The van der Waals surface area contributed by atoms with Crippen LogP contribution in [-0.4, -0.2) is 26.5 Å². The maximum Gasteiger partial charge on any atom is 0.247 e. The van der Waals surface area contributed by atoms with E-state index in [0.29, 0.717) is 22.7 Å². The summed E-state index contributed by atoms with van der Waals surface area (Å²) in [6.07, 6.45) is -0.425. The number of phenolic OH excluding ortho intramolecular Hbond substituents is 1. The molecule has 6 nitrogen and oxygen atoms in total. The molecular formula is C20H17ClFN3O3. The summed E-state index contributed by atoms with van der Waals surface area (Å²) in [5.74, 6) is -1.47. The van der Waals surface area contributed by atoms with Gasteiger partial charge in [-0.3, -0.25) is 0 Å². The molecule has 0 amide bonds. The minimum atomic E-state index is -0.798. The second-order valence-electron chi connectivity index (χ2n) is 6.46. The lowest BCUT2D eigenvalue weighted by molar-refractivity contribution is 0.148. The zero-order chi connectivity index (χ0) is 20.4. The Hall–Kier alpha value is -2.95. The topological polar surface area (TPSA) is 83.7 Å². The normalized spacial score (nSPS) is 13.1. The van der Waals surface area contributed by atoms with Crippen LogP contribution in [0.25, 0.3) is 16.3 Å². The largest absolute Gasteiger partial charge is 0.505 e. The molecule has 144 valence electrons. The van der Waals surface area contributed by atoms with Gasteiger partial charge in [-0.2, -0.15) is 0 Å². The Kier molecular flexibility index (Phi) is 5.63. The van der Waals surface area contributed by atoms with Crippen molar-refractivity contribution in [3.05, 3.63) is 69.6 Å². The molecule has 0 aliphatic heterocycles. The van der Waals surface area contributed by atoms with E-state index in [4.69, 9.17) is 22.6 Å². The van der Waals surface area contributed by atoms with Crippen LogP contribution in [-0.2, 0) is 6.42 Å². The van der Waals surface area contributed by atoms with Crippen LogP contribution < -0.4 is 0 Å². The number of aliphatic hydroxyl groups is 1. The Morgan fingerprint density at radius 1 is 1.29 bits per heavy atom. The van der Waals surface area contributed by atoms with Crippen LogP contribution in [0.4, 0.5) is 10.1 Å². The van der Waals surface area contributed by atoms with Crippen molar-refractivity contribution >= 4 is 17.3 Å². The van der Waals surface area contributed by atoms with Crippen molar-refractivity contribution in [2.24, 2.45) is 0 Å². The average Bonchev–Trinajstić information content (AvgIpc) is 3.14. The number of aliphatic hydroxyl groups excluding tert-OH is 1. The van der Waals surface area contributed by atoms with Crippen LogP contribution in [0.1, 0.15) is 29.9 Å². The molecule has 2 aromatic carbocycles. The monoisotopic (exact) mass is 401 g/mol. The summed E-state index contributed by atoms with van der Waals surface area (Å²) in [7, 11) is 0. The molecule has 2 N–H and O–H groups in total. The number of aromatic nitrogens is 2. The highest BCUT2D eigenvalue weighted by Gasteiger charge is 2.26. The molecule has 0 unspecified atom stereocenters. The first-order chi connectivity index (χ1) is 13.3. The Bertz CT molecular complexity index is 1060. The molecule has 0 fully saturated rings. The quantitative estimate of drug-likeness (QED) is 0.600. The maximum atomic E-state index is 13.2. The van der Waals surface area contributed by atoms with Gasteiger partial charge < -0.3 is 14.6 Å². The van der Waals surface area contributed by atoms with Gasteiger partial charge in [0.15, 0.2) is 11.6 Å². The van der Waals surface area contributed by atoms with Crippen LogP contribution in [0.3, 0.4) is 0 Å². The number of benzene rings is 2. The van der Waals surface area contributed by atoms with Crippen molar-refractivity contribution in [1.29, 1.82) is 0 Å². The van der Waals surface area contributed by atoms with Gasteiger partial charge in [0.1, 0.15) is 0 Å². The van der Waals surface area contributed by atoms with Crippen LogP contribution in [0.2, 0.25) is 5.02 Å². The smallest absolute Gasteiger partial charge is 0.247 e. The summed E-state index contributed by atoms with van der Waals surface area (Å²) in [6.45, 7) is 10.6. The van der Waals surface area contributed by atoms with E-state index in [1.807, 2.05) is 6.92 Å². The second-order valence-corrected chi connectivity index (χ2v) is 6.84. The molecule has 0 saturated heterocycles. The van der Waals surface area contributed by atoms with Crippen LogP contribution in [0.15, 0.2) is 34.7 Å². The van der Waals surface area contributed by atoms with Crippen molar-refractivity contribution in [2.45, 2.75) is 32.3 Å². The SMILES string of the molecule is [C-]#[N+]c1ccc(C[C@@H](c2nnc(-c3ccc(F)c(O)c3)o2)[C@@H](C)O)c(C)c1Cl. The molecule has 28 heavy (non-hydrogen) atoms. The van der Waals surface area contributed by atoms with Gasteiger partial charge >= 0.3 is 0 Å². The first-order valence-corrected chi connectivity index (χ1v) is 8.85. The molecule has 1 aromatic heterocycles. The maximum absolute atomic E-state index is 13.2. The molecule has 0 aliphatic rings. The summed E-state index contributed by atoms with van der Waals surface area (Å²) in [5.41, 5.74) is 2.34. The first kappa shape index (κ1) is 19.8. The third kappa shape index (κ3) is 3.84. The highest BCUT2D eigenvalue weighted by atomic mass is 35.5. The molecular weight excluding hydrogens is 385 g/mol. The van der Waals surface area contributed by atoms with Gasteiger partial charge in [-0.1, -0.05) is 23.7 Å². The van der Waals surface area contributed by atoms with Gasteiger partial charge in [-0.05, 0) is 49.6 Å². The molecule has 3 aromatic rings. The van der Waals surface area contributed by atoms with E-state index in [9.17, 15) is 14.6 Å². The molecule has 0 aliphatic carbocycles. The summed E-state index contributed by atoms with van der Waals surface area (Å²) < 4.78 is 18.9. The van der Waals surface area contributed by atoms with Gasteiger partial charge in [0.05, 0.1) is 23.6 Å². The number of nitrogens with zero attached hydrogens (tertiary/aromatic N) is 3. The van der Waals surface area contributed by atoms with Gasteiger partial charge in [0, 0.05) is 5.56 Å². The fraction of sp³-hybridized carbons (Fsp3) is 0.250. The number of halogens is 2. The van der Waals surface area contributed by atoms with E-state index in [1.165, 1.54) is 12.1 Å². The Labute approximate surface area is 166 Å². The Morgan fingerprint density at radius 3 is 2.68 bits per heavy atom. The summed E-state index contributed by atoms with van der Waals surface area (Å²) in [6, 6.07) is 7.13. The number of rotatable bonds is 5. The van der Waals surface area contributed by atoms with E-state index in [0.717, 1.165) is 17.2 Å². The molecule has 0 bridgehead atoms. The summed E-state index contributed by atoms with van der Waals surface area (Å²) in [4.78, 5) is 3.38. The van der Waals surface area contributed by atoms with Crippen LogP contribution in [0.5, 0.6) is 5.75 Å². The molecule has 0 saturated carbocycles. The fourth-order valence-electron chi connectivity index (χ4n) is 2.87. The standard InChI is InChI=1S/C20H17ClFN3O3/c1-10-12(5-7-16(23-3)18(10)21)8-14(11(2)26)20-25-24-19(28-20)13-4-6-15(22)17(27)9-13/h4-7,9,11,14,26-27H,8H2,1-2H3/t11-,14-/m1/s1. The van der Waals surface area contributed by atoms with Crippen molar-refractivity contribution in [3.63, 3.8) is 0 Å². The predicted molar refractivity (Wildman–Crippen MR) is 102 cm³/mol. The van der Waals surface area contributed by atoms with Crippen molar-refractivity contribution in [3.8, 4) is 17.2 Å². The number of hydrogen-bond donors (Lipinski definition) is 2.